The van der Waals surface area contributed by atoms with Crippen LogP contribution in [0.4, 0.5) is 23.0 Å². The molecule has 1 aliphatic rings. The summed E-state index contributed by atoms with van der Waals surface area (Å²) in [5.41, 5.74) is 14.2. The van der Waals surface area contributed by atoms with Gasteiger partial charge >= 0.3 is 0 Å². The Morgan fingerprint density at radius 3 is 2.59 bits per heavy atom. The van der Waals surface area contributed by atoms with Gasteiger partial charge in [-0.2, -0.15) is 10.5 Å². The smallest absolute Gasteiger partial charge is 0.295 e. The normalized spacial score (nSPS) is 13.4. The minimum Gasteiger partial charge on any atom is -0.493 e. The van der Waals surface area contributed by atoms with Crippen LogP contribution < -0.4 is 42.5 Å². The zero-order valence-corrected chi connectivity index (χ0v) is 23.9. The third-order valence-corrected chi connectivity index (χ3v) is 7.04. The second-order valence-corrected chi connectivity index (χ2v) is 9.59. The van der Waals surface area contributed by atoms with Crippen molar-refractivity contribution in [3.05, 3.63) is 81.3 Å². The van der Waals surface area contributed by atoms with Gasteiger partial charge in [-0.25, -0.2) is 14.7 Å². The Morgan fingerprint density at radius 2 is 1.91 bits per heavy atom. The van der Waals surface area contributed by atoms with Crippen molar-refractivity contribution in [3.63, 3.8) is 0 Å². The molecule has 15 heteroatoms. The van der Waals surface area contributed by atoms with E-state index < -0.39 is 18.6 Å². The summed E-state index contributed by atoms with van der Waals surface area (Å²) in [6.07, 6.45) is 1.80. The maximum Gasteiger partial charge on any atom is 0.295 e. The molecule has 7 N–H and O–H groups in total. The number of nitrogens with two attached hydrogens (primary N) is 2. The van der Waals surface area contributed by atoms with Crippen molar-refractivity contribution in [2.75, 3.05) is 35.8 Å². The molecule has 5 rings (SSSR count). The summed E-state index contributed by atoms with van der Waals surface area (Å²) in [7, 11) is 3.16. The molecule has 3 heterocycles. The number of ether oxygens (including phenoxy) is 2. The van der Waals surface area contributed by atoms with Crippen LogP contribution in [0.25, 0.3) is 5.69 Å². The van der Waals surface area contributed by atoms with Gasteiger partial charge in [0.2, 0.25) is 5.96 Å². The number of carbonyl (C=O) groups is 1. The number of benzene rings is 2. The van der Waals surface area contributed by atoms with E-state index in [2.05, 4.69) is 25.9 Å². The van der Waals surface area contributed by atoms with Crippen LogP contribution in [-0.4, -0.2) is 39.9 Å². The molecule has 2 aromatic carbocycles. The van der Waals surface area contributed by atoms with Gasteiger partial charge in [-0.05, 0) is 36.8 Å². The van der Waals surface area contributed by atoms with E-state index in [0.717, 1.165) is 0 Å². The highest BCUT2D eigenvalue weighted by atomic mass is 16.5. The summed E-state index contributed by atoms with van der Waals surface area (Å²) in [5.74, 6) is 0.219. The number of fused-ring (bicyclic) bond motifs is 1. The van der Waals surface area contributed by atoms with Crippen LogP contribution in [0.2, 0.25) is 0 Å². The Morgan fingerprint density at radius 1 is 1.16 bits per heavy atom. The van der Waals surface area contributed by atoms with Crippen LogP contribution in [0.3, 0.4) is 0 Å². The predicted octanol–water partition coefficient (Wildman–Crippen LogP) is 1.88. The quantitative estimate of drug-likeness (QED) is 0.154. The standard InChI is InChI=1S/C29H27N11O4/c1-15-24(28(42)40(39(15)2)17-7-5-4-6-8-17)35-21(41)13-44-19-10-9-16(11-20(19)43-3)25-22-23(32)18(12-30)26(33)37-27(22)38-29(36-25)34-14-31/h4-11,25H,13H2,1-3H3,(H,35,41)(H6,32,33,34,36,37,38). The molecule has 1 unspecified atom stereocenters. The Labute approximate surface area is 250 Å². The Balaban J connectivity index is 1.39. The number of nitrogen functional groups attached to an aromatic ring is 2. The first-order valence-electron chi connectivity index (χ1n) is 13.1. The number of pyridine rings is 1. The summed E-state index contributed by atoms with van der Waals surface area (Å²) in [5, 5.41) is 26.7. The van der Waals surface area contributed by atoms with Crippen LogP contribution in [0, 0.1) is 29.7 Å². The van der Waals surface area contributed by atoms with Gasteiger partial charge in [0.25, 0.3) is 11.5 Å². The molecule has 1 atom stereocenters. The van der Waals surface area contributed by atoms with Crippen molar-refractivity contribution in [1.82, 2.24) is 19.7 Å². The zero-order valence-electron chi connectivity index (χ0n) is 23.9. The van der Waals surface area contributed by atoms with E-state index in [1.807, 2.05) is 24.3 Å². The molecule has 0 saturated heterocycles. The van der Waals surface area contributed by atoms with Gasteiger partial charge in [-0.15, -0.1) is 0 Å². The van der Waals surface area contributed by atoms with Gasteiger partial charge in [-0.1, -0.05) is 24.3 Å². The maximum atomic E-state index is 13.1. The van der Waals surface area contributed by atoms with Gasteiger partial charge in [0.15, 0.2) is 24.3 Å². The maximum absolute atomic E-state index is 13.1. The Hall–Kier alpha value is -6.48. The van der Waals surface area contributed by atoms with Crippen LogP contribution in [0.1, 0.15) is 28.4 Å². The molecule has 0 aliphatic carbocycles. The van der Waals surface area contributed by atoms with Crippen molar-refractivity contribution in [3.8, 4) is 29.4 Å². The number of nitrogens with zero attached hydrogens (tertiary/aromatic N) is 6. The summed E-state index contributed by atoms with van der Waals surface area (Å²) < 4.78 is 14.4. The first kappa shape index (κ1) is 29.0. The number of aliphatic imine (C=N–C) groups is 1. The fourth-order valence-electron chi connectivity index (χ4n) is 4.83. The molecule has 0 saturated carbocycles. The molecule has 1 amide bonds. The Kier molecular flexibility index (Phi) is 7.78. The average molecular weight is 594 g/mol. The molecule has 0 radical (unpaired) electrons. The number of aromatic nitrogens is 3. The largest absolute Gasteiger partial charge is 0.493 e. The van der Waals surface area contributed by atoms with Crippen molar-refractivity contribution in [2.45, 2.75) is 13.0 Å². The number of guanidine groups is 1. The molecule has 0 bridgehead atoms. The molecular weight excluding hydrogens is 566 g/mol. The van der Waals surface area contributed by atoms with Crippen molar-refractivity contribution < 1.29 is 14.3 Å². The number of methoxy groups -OCH3 is 1. The zero-order chi connectivity index (χ0) is 31.5. The van der Waals surface area contributed by atoms with Crippen molar-refractivity contribution in [2.24, 2.45) is 12.0 Å². The van der Waals surface area contributed by atoms with Crippen molar-refractivity contribution >= 4 is 34.9 Å². The highest BCUT2D eigenvalue weighted by Gasteiger charge is 2.30. The Bertz CT molecular complexity index is 1950. The summed E-state index contributed by atoms with van der Waals surface area (Å²) in [6, 6.07) is 15.1. The number of para-hydroxylation sites is 1. The molecule has 0 fully saturated rings. The summed E-state index contributed by atoms with van der Waals surface area (Å²) in [6.45, 7) is 1.31. The van der Waals surface area contributed by atoms with Crippen LogP contribution >= 0.6 is 0 Å². The lowest BCUT2D eigenvalue weighted by Gasteiger charge is -2.26. The lowest BCUT2D eigenvalue weighted by molar-refractivity contribution is -0.118. The number of hydrogen-bond acceptors (Lipinski definition) is 12. The lowest BCUT2D eigenvalue weighted by atomic mass is 9.95. The van der Waals surface area contributed by atoms with Gasteiger partial charge < -0.3 is 31.6 Å². The number of anilines is 4. The van der Waals surface area contributed by atoms with Gasteiger partial charge in [-0.3, -0.25) is 19.6 Å². The second kappa shape index (κ2) is 11.8. The number of carbonyl (C=O) groups excluding carboxylic acids is 1. The predicted molar refractivity (Wildman–Crippen MR) is 162 cm³/mol. The van der Waals surface area contributed by atoms with Crippen LogP contribution in [0.15, 0.2) is 58.3 Å². The van der Waals surface area contributed by atoms with Crippen molar-refractivity contribution in [1.29, 1.82) is 10.5 Å². The fourth-order valence-corrected chi connectivity index (χ4v) is 4.83. The first-order valence-corrected chi connectivity index (χ1v) is 13.1. The van der Waals surface area contributed by atoms with E-state index in [9.17, 15) is 14.9 Å². The molecule has 0 spiro atoms. The van der Waals surface area contributed by atoms with Crippen LogP contribution in [0.5, 0.6) is 11.5 Å². The second-order valence-electron chi connectivity index (χ2n) is 9.59. The molecule has 1 aliphatic heterocycles. The molecular formula is C29H27N11O4. The SMILES string of the molecule is COc1cc(C2N=C(NC#N)Nc3nc(N)c(C#N)c(N)c32)ccc1OCC(=O)Nc1c(C)n(C)n(-c2ccccc2)c1=O. The molecule has 4 aromatic rings. The van der Waals surface area contributed by atoms with E-state index in [-0.39, 0.29) is 51.6 Å². The van der Waals surface area contributed by atoms with Gasteiger partial charge in [0.05, 0.1) is 24.2 Å². The minimum absolute atomic E-state index is 0.00421. The third kappa shape index (κ3) is 5.17. The summed E-state index contributed by atoms with van der Waals surface area (Å²) in [4.78, 5) is 34.8. The monoisotopic (exact) mass is 593 g/mol. The number of hydrogen-bond donors (Lipinski definition) is 5. The van der Waals surface area contributed by atoms with E-state index in [1.165, 1.54) is 11.8 Å². The number of nitrogens with one attached hydrogen (secondary N) is 3. The topological polar surface area (TPSA) is 223 Å². The fraction of sp³-hybridized carbons (Fsp3) is 0.172. The van der Waals surface area contributed by atoms with Gasteiger partial charge in [0.1, 0.15) is 35.0 Å². The van der Waals surface area contributed by atoms with E-state index in [0.29, 0.717) is 22.5 Å². The average Bonchev–Trinajstić information content (AvgIpc) is 3.22. The molecule has 15 nitrogen and oxygen atoms in total. The molecule has 44 heavy (non-hydrogen) atoms. The van der Waals surface area contributed by atoms with Gasteiger partial charge in [0, 0.05) is 12.6 Å². The molecule has 222 valence electrons. The minimum atomic E-state index is -0.804. The number of rotatable bonds is 7. The first-order chi connectivity index (χ1) is 21.2. The van der Waals surface area contributed by atoms with E-state index >= 15 is 0 Å². The molecule has 2 aromatic heterocycles. The lowest BCUT2D eigenvalue weighted by Crippen LogP contribution is -2.32. The highest BCUT2D eigenvalue weighted by molar-refractivity contribution is 5.98. The summed E-state index contributed by atoms with van der Waals surface area (Å²) >= 11 is 0. The number of nitriles is 2. The van der Waals surface area contributed by atoms with Crippen LogP contribution in [-0.2, 0) is 11.8 Å². The number of amides is 1. The highest BCUT2D eigenvalue weighted by Crippen LogP contribution is 2.42. The van der Waals surface area contributed by atoms with E-state index in [4.69, 9.17) is 26.2 Å². The van der Waals surface area contributed by atoms with E-state index in [1.54, 1.807) is 55.2 Å². The third-order valence-electron chi connectivity index (χ3n) is 7.04.